The van der Waals surface area contributed by atoms with Gasteiger partial charge in [0.25, 0.3) is 0 Å². The first kappa shape index (κ1) is 7.31. The Morgan fingerprint density at radius 1 is 1.60 bits per heavy atom. The van der Waals surface area contributed by atoms with Crippen molar-refractivity contribution < 1.29 is 4.74 Å². The van der Waals surface area contributed by atoms with Crippen LogP contribution in [0.1, 0.15) is 0 Å². The number of nitrogens with zero attached hydrogens (tertiary/aromatic N) is 1. The number of ether oxygens (including phenoxy) is 1. The van der Waals surface area contributed by atoms with Gasteiger partial charge in [-0.15, -0.1) is 0 Å². The first-order chi connectivity index (χ1) is 4.73. The number of rotatable bonds is 0. The SMILES string of the molecule is CN1CC2(COCC2I)C1. The van der Waals surface area contributed by atoms with E-state index in [0.29, 0.717) is 5.41 Å². The molecule has 2 fully saturated rings. The van der Waals surface area contributed by atoms with Crippen molar-refractivity contribution in [3.8, 4) is 0 Å². The maximum absolute atomic E-state index is 5.43. The first-order valence-electron chi connectivity index (χ1n) is 3.63. The Morgan fingerprint density at radius 3 is 2.70 bits per heavy atom. The zero-order chi connectivity index (χ0) is 7.19. The fourth-order valence-electron chi connectivity index (χ4n) is 1.95. The number of halogens is 1. The molecule has 3 heteroatoms. The van der Waals surface area contributed by atoms with Crippen LogP contribution >= 0.6 is 22.6 Å². The second kappa shape index (κ2) is 2.32. The molecule has 1 atom stereocenters. The number of alkyl halides is 1. The minimum atomic E-state index is 0.537. The van der Waals surface area contributed by atoms with E-state index in [2.05, 4.69) is 34.5 Å². The van der Waals surface area contributed by atoms with Crippen molar-refractivity contribution in [3.05, 3.63) is 0 Å². The molecule has 2 aliphatic heterocycles. The smallest absolute Gasteiger partial charge is 0.0591 e. The van der Waals surface area contributed by atoms with Crippen molar-refractivity contribution in [3.63, 3.8) is 0 Å². The summed E-state index contributed by atoms with van der Waals surface area (Å²) in [6.07, 6.45) is 0. The molecule has 0 aliphatic carbocycles. The highest BCUT2D eigenvalue weighted by Gasteiger charge is 2.50. The van der Waals surface area contributed by atoms with Crippen LogP contribution in [-0.2, 0) is 4.74 Å². The Labute approximate surface area is 75.1 Å². The molecule has 1 spiro atoms. The highest BCUT2D eigenvalue weighted by Crippen LogP contribution is 2.41. The minimum absolute atomic E-state index is 0.537. The van der Waals surface area contributed by atoms with E-state index >= 15 is 0 Å². The molecule has 0 bridgehead atoms. The number of hydrogen-bond donors (Lipinski definition) is 0. The average Bonchev–Trinajstić information content (AvgIpc) is 2.12. The molecule has 0 N–H and O–H groups in total. The molecule has 1 unspecified atom stereocenters. The van der Waals surface area contributed by atoms with Crippen molar-refractivity contribution in [1.82, 2.24) is 4.90 Å². The van der Waals surface area contributed by atoms with Crippen LogP contribution in [0.2, 0.25) is 0 Å². The van der Waals surface area contributed by atoms with Crippen molar-refractivity contribution in [1.29, 1.82) is 0 Å². The second-order valence-electron chi connectivity index (χ2n) is 3.52. The van der Waals surface area contributed by atoms with Gasteiger partial charge in [0.1, 0.15) is 0 Å². The van der Waals surface area contributed by atoms with Crippen LogP contribution in [0.4, 0.5) is 0 Å². The Morgan fingerprint density at radius 2 is 2.30 bits per heavy atom. The van der Waals surface area contributed by atoms with Gasteiger partial charge in [-0.05, 0) is 7.05 Å². The van der Waals surface area contributed by atoms with Gasteiger partial charge in [-0.1, -0.05) is 22.6 Å². The predicted octanol–water partition coefficient (Wildman–Crippen LogP) is 0.752. The standard InChI is InChI=1S/C7H12INO/c1-9-3-7(4-9)5-10-2-6(7)8/h6H,2-5H2,1H3. The van der Waals surface area contributed by atoms with Crippen LogP contribution < -0.4 is 0 Å². The summed E-state index contributed by atoms with van der Waals surface area (Å²) < 4.78 is 6.18. The Hall–Kier alpha value is 0.650. The highest BCUT2D eigenvalue weighted by molar-refractivity contribution is 14.1. The van der Waals surface area contributed by atoms with Gasteiger partial charge in [0.2, 0.25) is 0 Å². The predicted molar refractivity (Wildman–Crippen MR) is 48.6 cm³/mol. The van der Waals surface area contributed by atoms with E-state index in [1.807, 2.05) is 0 Å². The molecule has 2 saturated heterocycles. The van der Waals surface area contributed by atoms with Crippen molar-refractivity contribution in [2.24, 2.45) is 5.41 Å². The van der Waals surface area contributed by atoms with Crippen LogP contribution in [-0.4, -0.2) is 42.2 Å². The lowest BCUT2D eigenvalue weighted by Gasteiger charge is -2.47. The molecule has 0 aromatic rings. The Balaban J connectivity index is 2.03. The highest BCUT2D eigenvalue weighted by atomic mass is 127. The molecule has 0 saturated carbocycles. The van der Waals surface area contributed by atoms with Crippen LogP contribution in [0.15, 0.2) is 0 Å². The normalized spacial score (nSPS) is 38.4. The van der Waals surface area contributed by atoms with Crippen LogP contribution in [0, 0.1) is 5.41 Å². The summed E-state index contributed by atoms with van der Waals surface area (Å²) in [5.41, 5.74) is 0.537. The molecule has 2 aliphatic rings. The quantitative estimate of drug-likeness (QED) is 0.466. The lowest BCUT2D eigenvalue weighted by atomic mass is 9.80. The van der Waals surface area contributed by atoms with Gasteiger partial charge >= 0.3 is 0 Å². The van der Waals surface area contributed by atoms with Gasteiger partial charge in [-0.25, -0.2) is 0 Å². The summed E-state index contributed by atoms with van der Waals surface area (Å²) in [5, 5.41) is 0. The van der Waals surface area contributed by atoms with Gasteiger partial charge in [0.15, 0.2) is 0 Å². The summed E-state index contributed by atoms with van der Waals surface area (Å²) in [6, 6.07) is 0. The molecule has 2 rings (SSSR count). The molecule has 0 radical (unpaired) electrons. The molecule has 2 nitrogen and oxygen atoms in total. The zero-order valence-electron chi connectivity index (χ0n) is 6.14. The lowest BCUT2D eigenvalue weighted by Crippen LogP contribution is -2.58. The molecular weight excluding hydrogens is 241 g/mol. The number of likely N-dealkylation sites (tertiary alicyclic amines) is 1. The summed E-state index contributed by atoms with van der Waals surface area (Å²) in [4.78, 5) is 2.36. The van der Waals surface area contributed by atoms with Gasteiger partial charge in [0.05, 0.1) is 13.2 Å². The summed E-state index contributed by atoms with van der Waals surface area (Å²) in [6.45, 7) is 4.43. The van der Waals surface area contributed by atoms with E-state index in [1.54, 1.807) is 0 Å². The Kier molecular flexibility index (Phi) is 1.69. The van der Waals surface area contributed by atoms with E-state index in [9.17, 15) is 0 Å². The molecule has 2 heterocycles. The summed E-state index contributed by atoms with van der Waals surface area (Å²) >= 11 is 2.52. The van der Waals surface area contributed by atoms with Gasteiger partial charge in [-0.3, -0.25) is 0 Å². The maximum atomic E-state index is 5.43. The molecule has 58 valence electrons. The maximum Gasteiger partial charge on any atom is 0.0591 e. The van der Waals surface area contributed by atoms with E-state index < -0.39 is 0 Å². The summed E-state index contributed by atoms with van der Waals surface area (Å²) in [7, 11) is 2.17. The van der Waals surface area contributed by atoms with Crippen molar-refractivity contribution >= 4 is 22.6 Å². The molecule has 0 aromatic carbocycles. The van der Waals surface area contributed by atoms with Crippen LogP contribution in [0.3, 0.4) is 0 Å². The molecule has 0 aromatic heterocycles. The van der Waals surface area contributed by atoms with Crippen LogP contribution in [0.25, 0.3) is 0 Å². The number of hydrogen-bond acceptors (Lipinski definition) is 2. The third-order valence-corrected chi connectivity index (χ3v) is 4.17. The Bertz CT molecular complexity index is 145. The van der Waals surface area contributed by atoms with E-state index in [-0.39, 0.29) is 0 Å². The monoisotopic (exact) mass is 253 g/mol. The summed E-state index contributed by atoms with van der Waals surface area (Å²) in [5.74, 6) is 0. The topological polar surface area (TPSA) is 12.5 Å². The fourth-order valence-corrected chi connectivity index (χ4v) is 2.78. The van der Waals surface area contributed by atoms with Crippen molar-refractivity contribution in [2.75, 3.05) is 33.4 Å². The minimum Gasteiger partial charge on any atom is -0.380 e. The van der Waals surface area contributed by atoms with E-state index in [1.165, 1.54) is 13.1 Å². The largest absolute Gasteiger partial charge is 0.380 e. The van der Waals surface area contributed by atoms with Gasteiger partial charge in [0, 0.05) is 22.4 Å². The third-order valence-electron chi connectivity index (χ3n) is 2.49. The third kappa shape index (κ3) is 0.905. The average molecular weight is 253 g/mol. The fraction of sp³-hybridized carbons (Fsp3) is 1.00. The van der Waals surface area contributed by atoms with Crippen LogP contribution in [0.5, 0.6) is 0 Å². The van der Waals surface area contributed by atoms with Gasteiger partial charge in [-0.2, -0.15) is 0 Å². The zero-order valence-corrected chi connectivity index (χ0v) is 8.30. The van der Waals surface area contributed by atoms with Crippen molar-refractivity contribution in [2.45, 2.75) is 3.92 Å². The second-order valence-corrected chi connectivity index (χ2v) is 5.02. The molecule has 0 amide bonds. The van der Waals surface area contributed by atoms with E-state index in [4.69, 9.17) is 4.74 Å². The first-order valence-corrected chi connectivity index (χ1v) is 4.88. The molecular formula is C7H12INO. The van der Waals surface area contributed by atoms with Gasteiger partial charge < -0.3 is 9.64 Å². The lowest BCUT2D eigenvalue weighted by molar-refractivity contribution is 0.0166. The molecule has 10 heavy (non-hydrogen) atoms. The van der Waals surface area contributed by atoms with E-state index in [0.717, 1.165) is 17.1 Å².